The Morgan fingerprint density at radius 2 is 2.05 bits per heavy atom. The molecule has 1 N–H and O–H groups in total. The van der Waals surface area contributed by atoms with Crippen molar-refractivity contribution in [1.29, 1.82) is 0 Å². The number of nitrogens with zero attached hydrogens (tertiary/aromatic N) is 2. The Morgan fingerprint density at radius 1 is 1.33 bits per heavy atom. The van der Waals surface area contributed by atoms with Gasteiger partial charge in [-0.15, -0.1) is 0 Å². The van der Waals surface area contributed by atoms with Crippen LogP contribution in [0.2, 0.25) is 0 Å². The lowest BCUT2D eigenvalue weighted by Crippen LogP contribution is -2.17. The van der Waals surface area contributed by atoms with Gasteiger partial charge in [-0.25, -0.2) is 5.43 Å². The van der Waals surface area contributed by atoms with Gasteiger partial charge in [-0.2, -0.15) is 5.10 Å². The van der Waals surface area contributed by atoms with E-state index in [1.165, 1.54) is 0 Å². The van der Waals surface area contributed by atoms with Crippen molar-refractivity contribution < 1.29 is 9.53 Å². The van der Waals surface area contributed by atoms with Crippen LogP contribution in [0.25, 0.3) is 0 Å². The van der Waals surface area contributed by atoms with Crippen LogP contribution < -0.4 is 10.2 Å². The van der Waals surface area contributed by atoms with Crippen molar-refractivity contribution in [3.63, 3.8) is 0 Å². The molecule has 0 spiro atoms. The minimum atomic E-state index is -0.284. The molecule has 0 unspecified atom stereocenters. The van der Waals surface area contributed by atoms with E-state index in [0.29, 0.717) is 5.56 Å². The Balaban J connectivity index is 2.13. The number of pyridine rings is 1. The molecule has 1 aromatic carbocycles. The van der Waals surface area contributed by atoms with Crippen molar-refractivity contribution >= 4 is 57.3 Å². The van der Waals surface area contributed by atoms with Crippen LogP contribution in [-0.2, 0) is 0 Å². The molecule has 0 atom stereocenters. The average molecular weight is 507 g/mol. The van der Waals surface area contributed by atoms with Crippen LogP contribution >= 0.6 is 45.2 Å². The fourth-order valence-corrected chi connectivity index (χ4v) is 3.73. The van der Waals surface area contributed by atoms with Gasteiger partial charge in [-0.05, 0) is 69.4 Å². The number of halogens is 2. The van der Waals surface area contributed by atoms with Crippen molar-refractivity contribution in [1.82, 2.24) is 10.4 Å². The Hall–Kier alpha value is -1.23. The molecule has 0 radical (unpaired) electrons. The van der Waals surface area contributed by atoms with Crippen molar-refractivity contribution in [2.45, 2.75) is 0 Å². The Kier molecular flexibility index (Phi) is 5.91. The van der Waals surface area contributed by atoms with Crippen molar-refractivity contribution in [2.24, 2.45) is 5.10 Å². The number of hydrogen-bond acceptors (Lipinski definition) is 4. The SMILES string of the molecule is COc1c(I)cc(I)cc1/C=N\NC(=O)c1ccncc1. The predicted molar refractivity (Wildman–Crippen MR) is 97.7 cm³/mol. The topological polar surface area (TPSA) is 63.6 Å². The quantitative estimate of drug-likeness (QED) is 0.394. The van der Waals surface area contributed by atoms with E-state index in [0.717, 1.165) is 18.5 Å². The summed E-state index contributed by atoms with van der Waals surface area (Å²) in [7, 11) is 1.61. The highest BCUT2D eigenvalue weighted by Crippen LogP contribution is 2.26. The maximum Gasteiger partial charge on any atom is 0.271 e. The largest absolute Gasteiger partial charge is 0.495 e. The lowest BCUT2D eigenvalue weighted by molar-refractivity contribution is 0.0955. The molecule has 108 valence electrons. The van der Waals surface area contributed by atoms with Gasteiger partial charge in [0.25, 0.3) is 5.91 Å². The van der Waals surface area contributed by atoms with E-state index in [4.69, 9.17) is 4.74 Å². The molecule has 7 heteroatoms. The molecule has 1 aromatic heterocycles. The molecule has 1 amide bonds. The van der Waals surface area contributed by atoms with Crippen LogP contribution in [0.3, 0.4) is 0 Å². The molecule has 0 saturated carbocycles. The zero-order valence-electron chi connectivity index (χ0n) is 11.0. The van der Waals surface area contributed by atoms with Gasteiger partial charge in [-0.1, -0.05) is 0 Å². The van der Waals surface area contributed by atoms with E-state index in [9.17, 15) is 4.79 Å². The number of aromatic nitrogens is 1. The molecule has 0 aliphatic carbocycles. The standard InChI is InChI=1S/C14H11I2N3O2/c1-21-13-10(6-11(15)7-12(13)16)8-18-19-14(20)9-2-4-17-5-3-9/h2-8H,1H3,(H,19,20)/b18-8-. The van der Waals surface area contributed by atoms with E-state index in [1.807, 2.05) is 12.1 Å². The Labute approximate surface area is 149 Å². The summed E-state index contributed by atoms with van der Waals surface area (Å²) in [5.41, 5.74) is 3.79. The molecule has 0 fully saturated rings. The summed E-state index contributed by atoms with van der Waals surface area (Å²) in [5.74, 6) is 0.450. The number of carbonyl (C=O) groups excluding carboxylic acids is 1. The molecule has 21 heavy (non-hydrogen) atoms. The number of nitrogens with one attached hydrogen (secondary N) is 1. The molecular weight excluding hydrogens is 496 g/mol. The Morgan fingerprint density at radius 3 is 2.71 bits per heavy atom. The summed E-state index contributed by atoms with van der Waals surface area (Å²) in [5, 5.41) is 3.98. The third-order valence-electron chi connectivity index (χ3n) is 2.55. The lowest BCUT2D eigenvalue weighted by atomic mass is 10.2. The number of ether oxygens (including phenoxy) is 1. The monoisotopic (exact) mass is 507 g/mol. The first kappa shape index (κ1) is 16.1. The van der Waals surface area contributed by atoms with Crippen LogP contribution in [0.1, 0.15) is 15.9 Å². The molecule has 0 aliphatic rings. The van der Waals surface area contributed by atoms with E-state index in [-0.39, 0.29) is 5.91 Å². The van der Waals surface area contributed by atoms with E-state index >= 15 is 0 Å². The summed E-state index contributed by atoms with van der Waals surface area (Å²) in [4.78, 5) is 15.7. The van der Waals surface area contributed by atoms with Gasteiger partial charge in [0.05, 0.1) is 16.9 Å². The summed E-state index contributed by atoms with van der Waals surface area (Å²) < 4.78 is 7.41. The third kappa shape index (κ3) is 4.37. The summed E-state index contributed by atoms with van der Waals surface area (Å²) in [6.45, 7) is 0. The van der Waals surface area contributed by atoms with Gasteiger partial charge in [0.2, 0.25) is 0 Å². The maximum atomic E-state index is 11.8. The van der Waals surface area contributed by atoms with Crippen LogP contribution in [0.5, 0.6) is 5.75 Å². The van der Waals surface area contributed by atoms with Crippen LogP contribution in [0, 0.1) is 7.14 Å². The molecular formula is C14H11I2N3O2. The maximum absolute atomic E-state index is 11.8. The molecule has 0 bridgehead atoms. The molecule has 2 rings (SSSR count). The summed E-state index contributed by atoms with van der Waals surface area (Å²) in [6, 6.07) is 7.19. The molecule has 0 saturated heterocycles. The van der Waals surface area contributed by atoms with Crippen LogP contribution in [-0.4, -0.2) is 24.2 Å². The number of methoxy groups -OCH3 is 1. The minimum Gasteiger partial charge on any atom is -0.495 e. The van der Waals surface area contributed by atoms with Gasteiger partial charge in [0.15, 0.2) is 0 Å². The van der Waals surface area contributed by atoms with Crippen molar-refractivity contribution in [3.05, 3.63) is 54.9 Å². The third-order valence-corrected chi connectivity index (χ3v) is 3.98. The fraction of sp³-hybridized carbons (Fsp3) is 0.0714. The first-order valence-electron chi connectivity index (χ1n) is 5.88. The smallest absolute Gasteiger partial charge is 0.271 e. The first-order chi connectivity index (χ1) is 10.1. The van der Waals surface area contributed by atoms with Gasteiger partial charge < -0.3 is 4.74 Å². The number of rotatable bonds is 4. The van der Waals surface area contributed by atoms with Gasteiger partial charge >= 0.3 is 0 Å². The highest BCUT2D eigenvalue weighted by Gasteiger charge is 2.08. The number of carbonyl (C=O) groups is 1. The average Bonchev–Trinajstić information content (AvgIpc) is 2.47. The number of amides is 1. The highest BCUT2D eigenvalue weighted by atomic mass is 127. The molecule has 5 nitrogen and oxygen atoms in total. The van der Waals surface area contributed by atoms with Crippen molar-refractivity contribution in [3.8, 4) is 5.75 Å². The van der Waals surface area contributed by atoms with E-state index in [1.54, 1.807) is 37.9 Å². The fourth-order valence-electron chi connectivity index (χ4n) is 1.62. The number of hydrazone groups is 1. The highest BCUT2D eigenvalue weighted by molar-refractivity contribution is 14.1. The van der Waals surface area contributed by atoms with Crippen molar-refractivity contribution in [2.75, 3.05) is 7.11 Å². The van der Waals surface area contributed by atoms with Gasteiger partial charge in [0, 0.05) is 27.1 Å². The number of hydrogen-bond donors (Lipinski definition) is 1. The normalized spacial score (nSPS) is 10.6. The van der Waals surface area contributed by atoms with Gasteiger partial charge in [-0.3, -0.25) is 9.78 Å². The first-order valence-corrected chi connectivity index (χ1v) is 8.04. The molecule has 2 aromatic rings. The minimum absolute atomic E-state index is 0.284. The summed E-state index contributed by atoms with van der Waals surface area (Å²) in [6.07, 6.45) is 4.69. The number of benzene rings is 1. The van der Waals surface area contributed by atoms with E-state index < -0.39 is 0 Å². The van der Waals surface area contributed by atoms with Crippen LogP contribution in [0.15, 0.2) is 41.8 Å². The zero-order valence-corrected chi connectivity index (χ0v) is 15.3. The second-order valence-electron chi connectivity index (χ2n) is 3.95. The second-order valence-corrected chi connectivity index (χ2v) is 6.35. The van der Waals surface area contributed by atoms with Gasteiger partial charge in [0.1, 0.15) is 5.75 Å². The lowest BCUT2D eigenvalue weighted by Gasteiger charge is -2.07. The Bertz CT molecular complexity index is 675. The zero-order chi connectivity index (χ0) is 15.2. The molecule has 1 heterocycles. The van der Waals surface area contributed by atoms with Crippen LogP contribution in [0.4, 0.5) is 0 Å². The molecule has 0 aliphatic heterocycles. The van der Waals surface area contributed by atoms with E-state index in [2.05, 4.69) is 60.7 Å². The predicted octanol–water partition coefficient (Wildman–Crippen LogP) is 3.06. The second kappa shape index (κ2) is 7.69. The summed E-state index contributed by atoms with van der Waals surface area (Å²) >= 11 is 4.42.